The molecule has 0 bridgehead atoms. The average Bonchev–Trinajstić information content (AvgIpc) is 2.39. The SMILES string of the molecule is COCCCS(=O)(=O)Cc1cc2c(cc1N)OCCO2. The quantitative estimate of drug-likeness (QED) is 0.623. The molecule has 0 fully saturated rings. The van der Waals surface area contributed by atoms with E-state index in [4.69, 9.17) is 19.9 Å². The molecule has 1 heterocycles. The van der Waals surface area contributed by atoms with Crippen LogP contribution in [0.1, 0.15) is 12.0 Å². The maximum atomic E-state index is 12.0. The second-order valence-electron chi connectivity index (χ2n) is 4.63. The molecule has 1 aromatic rings. The third-order valence-electron chi connectivity index (χ3n) is 2.98. The van der Waals surface area contributed by atoms with E-state index in [0.29, 0.717) is 49.0 Å². The largest absolute Gasteiger partial charge is 0.486 e. The summed E-state index contributed by atoms with van der Waals surface area (Å²) < 4.78 is 39.7. The van der Waals surface area contributed by atoms with Gasteiger partial charge in [-0.15, -0.1) is 0 Å². The zero-order chi connectivity index (χ0) is 14.6. The molecule has 0 aliphatic carbocycles. The highest BCUT2D eigenvalue weighted by Crippen LogP contribution is 2.35. The van der Waals surface area contributed by atoms with E-state index in [2.05, 4.69) is 0 Å². The lowest BCUT2D eigenvalue weighted by atomic mass is 10.2. The van der Waals surface area contributed by atoms with Crippen molar-refractivity contribution >= 4 is 15.5 Å². The molecule has 112 valence electrons. The first kappa shape index (κ1) is 14.9. The number of anilines is 1. The monoisotopic (exact) mass is 301 g/mol. The number of benzene rings is 1. The molecule has 2 rings (SSSR count). The topological polar surface area (TPSA) is 87.9 Å². The number of fused-ring (bicyclic) bond motifs is 1. The molecule has 1 aliphatic heterocycles. The van der Waals surface area contributed by atoms with Crippen LogP contribution in [-0.2, 0) is 20.3 Å². The lowest BCUT2D eigenvalue weighted by Crippen LogP contribution is -2.17. The number of nitrogen functional groups attached to an aromatic ring is 1. The van der Waals surface area contributed by atoms with Crippen LogP contribution in [0.2, 0.25) is 0 Å². The van der Waals surface area contributed by atoms with Crippen molar-refractivity contribution in [3.05, 3.63) is 17.7 Å². The fraction of sp³-hybridized carbons (Fsp3) is 0.538. The first-order valence-corrected chi connectivity index (χ1v) is 8.21. The molecular weight excluding hydrogens is 282 g/mol. The molecule has 0 aromatic heterocycles. The van der Waals surface area contributed by atoms with Gasteiger partial charge in [0.2, 0.25) is 0 Å². The van der Waals surface area contributed by atoms with Gasteiger partial charge in [0.1, 0.15) is 13.2 Å². The fourth-order valence-corrected chi connectivity index (χ4v) is 3.43. The summed E-state index contributed by atoms with van der Waals surface area (Å²) in [5.41, 5.74) is 6.84. The van der Waals surface area contributed by atoms with Crippen molar-refractivity contribution < 1.29 is 22.6 Å². The summed E-state index contributed by atoms with van der Waals surface area (Å²) in [6.45, 7) is 1.36. The Hall–Kier alpha value is -1.47. The van der Waals surface area contributed by atoms with E-state index in [1.54, 1.807) is 19.2 Å². The minimum atomic E-state index is -3.21. The Labute approximate surface area is 118 Å². The van der Waals surface area contributed by atoms with Crippen LogP contribution in [0.4, 0.5) is 5.69 Å². The van der Waals surface area contributed by atoms with Gasteiger partial charge in [0, 0.05) is 25.5 Å². The number of rotatable bonds is 6. The van der Waals surface area contributed by atoms with Gasteiger partial charge in [0.25, 0.3) is 0 Å². The molecule has 0 saturated heterocycles. The second kappa shape index (κ2) is 6.32. The van der Waals surface area contributed by atoms with Crippen LogP contribution in [0, 0.1) is 0 Å². The van der Waals surface area contributed by atoms with Crippen LogP contribution in [-0.4, -0.2) is 41.1 Å². The van der Waals surface area contributed by atoms with E-state index in [0.717, 1.165) is 0 Å². The highest BCUT2D eigenvalue weighted by Gasteiger charge is 2.19. The molecule has 2 N–H and O–H groups in total. The van der Waals surface area contributed by atoms with Crippen LogP contribution in [0.25, 0.3) is 0 Å². The van der Waals surface area contributed by atoms with Crippen molar-refractivity contribution in [3.63, 3.8) is 0 Å². The molecule has 0 saturated carbocycles. The molecule has 7 heteroatoms. The minimum absolute atomic E-state index is 0.0781. The van der Waals surface area contributed by atoms with E-state index in [1.807, 2.05) is 0 Å². The predicted molar refractivity (Wildman–Crippen MR) is 75.8 cm³/mol. The van der Waals surface area contributed by atoms with Gasteiger partial charge in [0.05, 0.1) is 11.5 Å². The van der Waals surface area contributed by atoms with Crippen LogP contribution >= 0.6 is 0 Å². The van der Waals surface area contributed by atoms with Crippen molar-refractivity contribution in [3.8, 4) is 11.5 Å². The number of nitrogens with two attached hydrogens (primary N) is 1. The summed E-state index contributed by atoms with van der Waals surface area (Å²) in [5.74, 6) is 1.09. The third kappa shape index (κ3) is 3.77. The second-order valence-corrected chi connectivity index (χ2v) is 6.82. The predicted octanol–water partition coefficient (Wildman–Crippen LogP) is 0.991. The van der Waals surface area contributed by atoms with Gasteiger partial charge in [-0.3, -0.25) is 0 Å². The minimum Gasteiger partial charge on any atom is -0.486 e. The zero-order valence-electron chi connectivity index (χ0n) is 11.4. The van der Waals surface area contributed by atoms with Gasteiger partial charge in [-0.05, 0) is 18.1 Å². The average molecular weight is 301 g/mol. The maximum absolute atomic E-state index is 12.0. The van der Waals surface area contributed by atoms with Gasteiger partial charge < -0.3 is 19.9 Å². The number of hydrogen-bond donors (Lipinski definition) is 1. The molecule has 0 amide bonds. The summed E-state index contributed by atoms with van der Waals surface area (Å²) in [6, 6.07) is 3.27. The Morgan fingerprint density at radius 1 is 1.25 bits per heavy atom. The van der Waals surface area contributed by atoms with Gasteiger partial charge in [0.15, 0.2) is 21.3 Å². The zero-order valence-corrected chi connectivity index (χ0v) is 12.2. The van der Waals surface area contributed by atoms with Gasteiger partial charge >= 0.3 is 0 Å². The Morgan fingerprint density at radius 3 is 2.55 bits per heavy atom. The summed E-state index contributed by atoms with van der Waals surface area (Å²) in [4.78, 5) is 0. The standard InChI is InChI=1S/C13H19NO5S/c1-17-3-2-6-20(15,16)9-10-7-12-13(8-11(10)14)19-5-4-18-12/h7-8H,2-6,9,14H2,1H3. The molecule has 1 aromatic carbocycles. The smallest absolute Gasteiger partial charge is 0.163 e. The number of hydrogen-bond acceptors (Lipinski definition) is 6. The van der Waals surface area contributed by atoms with Crippen molar-refractivity contribution in [2.24, 2.45) is 0 Å². The molecule has 20 heavy (non-hydrogen) atoms. The van der Waals surface area contributed by atoms with Crippen molar-refractivity contribution in [1.82, 2.24) is 0 Å². The van der Waals surface area contributed by atoms with Gasteiger partial charge in [-0.25, -0.2) is 8.42 Å². The van der Waals surface area contributed by atoms with E-state index in [1.165, 1.54) is 0 Å². The fourth-order valence-electron chi connectivity index (χ4n) is 2.00. The molecule has 0 atom stereocenters. The van der Waals surface area contributed by atoms with E-state index in [9.17, 15) is 8.42 Å². The van der Waals surface area contributed by atoms with Crippen LogP contribution in [0.3, 0.4) is 0 Å². The van der Waals surface area contributed by atoms with Crippen LogP contribution < -0.4 is 15.2 Å². The third-order valence-corrected chi connectivity index (χ3v) is 4.64. The Morgan fingerprint density at radius 2 is 1.90 bits per heavy atom. The van der Waals surface area contributed by atoms with E-state index < -0.39 is 9.84 Å². The lowest BCUT2D eigenvalue weighted by molar-refractivity contribution is 0.171. The number of methoxy groups -OCH3 is 1. The number of sulfone groups is 1. The maximum Gasteiger partial charge on any atom is 0.163 e. The van der Waals surface area contributed by atoms with Crippen molar-refractivity contribution in [1.29, 1.82) is 0 Å². The van der Waals surface area contributed by atoms with Crippen molar-refractivity contribution in [2.75, 3.05) is 38.4 Å². The molecule has 0 spiro atoms. The lowest BCUT2D eigenvalue weighted by Gasteiger charge is -2.20. The normalized spacial score (nSPS) is 14.2. The first-order valence-electron chi connectivity index (χ1n) is 6.39. The van der Waals surface area contributed by atoms with Gasteiger partial charge in [-0.1, -0.05) is 0 Å². The van der Waals surface area contributed by atoms with E-state index >= 15 is 0 Å². The highest BCUT2D eigenvalue weighted by atomic mass is 32.2. The molecule has 0 radical (unpaired) electrons. The highest BCUT2D eigenvalue weighted by molar-refractivity contribution is 7.90. The Bertz CT molecular complexity index is 570. The van der Waals surface area contributed by atoms with E-state index in [-0.39, 0.29) is 11.5 Å². The Kier molecular flexibility index (Phi) is 4.72. The summed E-state index contributed by atoms with van der Waals surface area (Å²) >= 11 is 0. The first-order chi connectivity index (χ1) is 9.52. The molecule has 1 aliphatic rings. The Balaban J connectivity index is 2.12. The van der Waals surface area contributed by atoms with Crippen LogP contribution in [0.15, 0.2) is 12.1 Å². The van der Waals surface area contributed by atoms with Crippen molar-refractivity contribution in [2.45, 2.75) is 12.2 Å². The summed E-state index contributed by atoms with van der Waals surface area (Å²) in [5, 5.41) is 0. The summed E-state index contributed by atoms with van der Waals surface area (Å²) in [7, 11) is -1.67. The molecular formula is C13H19NO5S. The van der Waals surface area contributed by atoms with Gasteiger partial charge in [-0.2, -0.15) is 0 Å². The summed E-state index contributed by atoms with van der Waals surface area (Å²) in [6.07, 6.45) is 0.475. The molecule has 0 unspecified atom stereocenters. The number of ether oxygens (including phenoxy) is 3. The molecule has 6 nitrogen and oxygen atoms in total. The van der Waals surface area contributed by atoms with Crippen LogP contribution in [0.5, 0.6) is 11.5 Å².